The van der Waals surface area contributed by atoms with Crippen molar-refractivity contribution in [1.82, 2.24) is 29.7 Å². The molecule has 1 amide bonds. The van der Waals surface area contributed by atoms with E-state index in [0.717, 1.165) is 0 Å². The topological polar surface area (TPSA) is 124 Å². The maximum atomic E-state index is 11.2. The second kappa shape index (κ2) is 5.37. The van der Waals surface area contributed by atoms with Gasteiger partial charge < -0.3 is 11.1 Å². The Morgan fingerprint density at radius 2 is 2.20 bits per heavy atom. The second-order valence-electron chi connectivity index (χ2n) is 4.67. The van der Waals surface area contributed by atoms with Gasteiger partial charge in [-0.3, -0.25) is 4.79 Å². The lowest BCUT2D eigenvalue weighted by atomic mass is 9.93. The summed E-state index contributed by atoms with van der Waals surface area (Å²) in [6.45, 7) is 3.69. The standard InChI is InChI=1S/C10H13ClN8O/c1-10(2,6(12)20)3-14-8-16-7(11)17-9(18-8)19-5-13-4-15-19/h4-5H,3H2,1-2H3,(H2,12,20)(H,14,16,17,18). The molecule has 0 aliphatic carbocycles. The molecule has 10 heteroatoms. The Balaban J connectivity index is 2.19. The van der Waals surface area contributed by atoms with E-state index >= 15 is 0 Å². The Morgan fingerprint density at radius 1 is 1.45 bits per heavy atom. The molecule has 0 aromatic carbocycles. The van der Waals surface area contributed by atoms with E-state index in [-0.39, 0.29) is 23.7 Å². The molecular formula is C10H13ClN8O. The van der Waals surface area contributed by atoms with Crippen molar-refractivity contribution in [2.45, 2.75) is 13.8 Å². The number of carbonyl (C=O) groups is 1. The van der Waals surface area contributed by atoms with Crippen molar-refractivity contribution in [3.63, 3.8) is 0 Å². The lowest BCUT2D eigenvalue weighted by Crippen LogP contribution is -2.37. The number of rotatable bonds is 5. The van der Waals surface area contributed by atoms with Crippen molar-refractivity contribution < 1.29 is 4.79 Å². The first kappa shape index (κ1) is 14.1. The minimum absolute atomic E-state index is 0.00452. The zero-order valence-electron chi connectivity index (χ0n) is 10.9. The first-order valence-electron chi connectivity index (χ1n) is 5.69. The van der Waals surface area contributed by atoms with E-state index in [1.165, 1.54) is 17.3 Å². The fraction of sp³-hybridized carbons (Fsp3) is 0.400. The third-order valence-electron chi connectivity index (χ3n) is 2.58. The summed E-state index contributed by atoms with van der Waals surface area (Å²) in [5.74, 6) is 0.0216. The van der Waals surface area contributed by atoms with Gasteiger partial charge in [-0.2, -0.15) is 24.7 Å². The van der Waals surface area contributed by atoms with Gasteiger partial charge in [0, 0.05) is 6.54 Å². The van der Waals surface area contributed by atoms with Crippen LogP contribution in [0.15, 0.2) is 12.7 Å². The summed E-state index contributed by atoms with van der Waals surface area (Å²) in [5, 5.41) is 6.80. The van der Waals surface area contributed by atoms with Crippen LogP contribution in [0.1, 0.15) is 13.8 Å². The molecule has 0 atom stereocenters. The number of hydrogen-bond acceptors (Lipinski definition) is 7. The van der Waals surface area contributed by atoms with E-state index in [0.29, 0.717) is 0 Å². The molecule has 0 aliphatic rings. The summed E-state index contributed by atoms with van der Waals surface area (Å²) < 4.78 is 1.35. The molecule has 0 unspecified atom stereocenters. The number of amides is 1. The Kier molecular flexibility index (Phi) is 3.79. The van der Waals surface area contributed by atoms with Gasteiger partial charge in [0.2, 0.25) is 17.1 Å². The molecule has 2 aromatic heterocycles. The van der Waals surface area contributed by atoms with Crippen LogP contribution in [-0.2, 0) is 4.79 Å². The van der Waals surface area contributed by atoms with Gasteiger partial charge in [-0.15, -0.1) is 0 Å². The van der Waals surface area contributed by atoms with Gasteiger partial charge in [-0.1, -0.05) is 0 Å². The number of nitrogens with one attached hydrogen (secondary N) is 1. The third kappa shape index (κ3) is 3.18. The lowest BCUT2D eigenvalue weighted by Gasteiger charge is -2.20. The van der Waals surface area contributed by atoms with Crippen LogP contribution in [0.25, 0.3) is 5.95 Å². The van der Waals surface area contributed by atoms with Gasteiger partial charge in [-0.05, 0) is 25.4 Å². The summed E-state index contributed by atoms with van der Waals surface area (Å²) in [7, 11) is 0. The largest absolute Gasteiger partial charge is 0.369 e. The van der Waals surface area contributed by atoms with Crippen molar-refractivity contribution in [1.29, 1.82) is 0 Å². The molecule has 106 valence electrons. The van der Waals surface area contributed by atoms with Crippen LogP contribution in [0.4, 0.5) is 5.95 Å². The number of halogens is 1. The number of nitrogens with two attached hydrogens (primary N) is 1. The van der Waals surface area contributed by atoms with E-state index in [1.807, 2.05) is 0 Å². The zero-order valence-corrected chi connectivity index (χ0v) is 11.7. The van der Waals surface area contributed by atoms with Crippen molar-refractivity contribution in [2.75, 3.05) is 11.9 Å². The fourth-order valence-electron chi connectivity index (χ4n) is 1.22. The van der Waals surface area contributed by atoms with Crippen molar-refractivity contribution in [3.8, 4) is 5.95 Å². The van der Waals surface area contributed by atoms with Crippen molar-refractivity contribution in [3.05, 3.63) is 17.9 Å². The maximum Gasteiger partial charge on any atom is 0.258 e. The van der Waals surface area contributed by atoms with Crippen LogP contribution in [0.3, 0.4) is 0 Å². The molecule has 2 heterocycles. The smallest absolute Gasteiger partial charge is 0.258 e. The second-order valence-corrected chi connectivity index (χ2v) is 5.01. The van der Waals surface area contributed by atoms with Crippen LogP contribution in [0.5, 0.6) is 0 Å². The fourth-order valence-corrected chi connectivity index (χ4v) is 1.38. The molecular weight excluding hydrogens is 284 g/mol. The van der Waals surface area contributed by atoms with Gasteiger partial charge in [0.25, 0.3) is 5.95 Å². The molecule has 0 bridgehead atoms. The molecule has 2 aromatic rings. The van der Waals surface area contributed by atoms with E-state index < -0.39 is 11.3 Å². The Hall–Kier alpha value is -2.29. The predicted octanol–water partition coefficient (Wildman–Crippen LogP) is 0.0291. The molecule has 0 saturated carbocycles. The molecule has 20 heavy (non-hydrogen) atoms. The summed E-state index contributed by atoms with van der Waals surface area (Å²) in [6, 6.07) is 0. The lowest BCUT2D eigenvalue weighted by molar-refractivity contribution is -0.125. The van der Waals surface area contributed by atoms with Crippen LogP contribution >= 0.6 is 11.6 Å². The van der Waals surface area contributed by atoms with Gasteiger partial charge in [-0.25, -0.2) is 4.98 Å². The van der Waals surface area contributed by atoms with Crippen LogP contribution in [0, 0.1) is 5.41 Å². The number of primary amides is 1. The summed E-state index contributed by atoms with van der Waals surface area (Å²) >= 11 is 5.82. The van der Waals surface area contributed by atoms with E-state index in [9.17, 15) is 4.79 Å². The average Bonchev–Trinajstić information content (AvgIpc) is 2.89. The molecule has 0 aliphatic heterocycles. The number of anilines is 1. The zero-order chi connectivity index (χ0) is 14.8. The van der Waals surface area contributed by atoms with Crippen molar-refractivity contribution >= 4 is 23.5 Å². The molecule has 0 fully saturated rings. The molecule has 0 spiro atoms. The normalized spacial score (nSPS) is 11.3. The Labute approximate surface area is 119 Å². The summed E-state index contributed by atoms with van der Waals surface area (Å²) in [6.07, 6.45) is 2.78. The number of hydrogen-bond donors (Lipinski definition) is 2. The summed E-state index contributed by atoms with van der Waals surface area (Å²) in [5.41, 5.74) is 4.55. The molecule has 2 rings (SSSR count). The van der Waals surface area contributed by atoms with Crippen LogP contribution < -0.4 is 11.1 Å². The maximum absolute atomic E-state index is 11.2. The van der Waals surface area contributed by atoms with Crippen LogP contribution in [-0.4, -0.2) is 42.2 Å². The SMILES string of the molecule is CC(C)(CNc1nc(Cl)nc(-n2cncn2)n1)C(N)=O. The third-order valence-corrected chi connectivity index (χ3v) is 2.74. The van der Waals surface area contributed by atoms with Crippen molar-refractivity contribution in [2.24, 2.45) is 11.1 Å². The summed E-state index contributed by atoms with van der Waals surface area (Å²) in [4.78, 5) is 27.0. The highest BCUT2D eigenvalue weighted by Crippen LogP contribution is 2.15. The van der Waals surface area contributed by atoms with Gasteiger partial charge in [0.1, 0.15) is 12.7 Å². The average molecular weight is 297 g/mol. The Morgan fingerprint density at radius 3 is 2.80 bits per heavy atom. The minimum Gasteiger partial charge on any atom is -0.369 e. The quantitative estimate of drug-likeness (QED) is 0.797. The van der Waals surface area contributed by atoms with Gasteiger partial charge in [0.15, 0.2) is 0 Å². The van der Waals surface area contributed by atoms with Crippen LogP contribution in [0.2, 0.25) is 5.28 Å². The molecule has 9 nitrogen and oxygen atoms in total. The monoisotopic (exact) mass is 296 g/mol. The number of aromatic nitrogens is 6. The molecule has 0 saturated heterocycles. The highest BCUT2D eigenvalue weighted by Gasteiger charge is 2.25. The predicted molar refractivity (Wildman–Crippen MR) is 71.2 cm³/mol. The first-order valence-corrected chi connectivity index (χ1v) is 6.06. The highest BCUT2D eigenvalue weighted by molar-refractivity contribution is 6.28. The van der Waals surface area contributed by atoms with Gasteiger partial charge in [0.05, 0.1) is 5.41 Å². The van der Waals surface area contributed by atoms with E-state index in [1.54, 1.807) is 13.8 Å². The molecule has 0 radical (unpaired) electrons. The van der Waals surface area contributed by atoms with Gasteiger partial charge >= 0.3 is 0 Å². The first-order chi connectivity index (χ1) is 9.38. The highest BCUT2D eigenvalue weighted by atomic mass is 35.5. The molecule has 3 N–H and O–H groups in total. The number of nitrogens with zero attached hydrogens (tertiary/aromatic N) is 6. The van der Waals surface area contributed by atoms with E-state index in [4.69, 9.17) is 17.3 Å². The van der Waals surface area contributed by atoms with E-state index in [2.05, 4.69) is 30.4 Å². The Bertz CT molecular complexity index is 612. The minimum atomic E-state index is -0.744. The number of carbonyl (C=O) groups excluding carboxylic acids is 1.